The van der Waals surface area contributed by atoms with Crippen molar-refractivity contribution in [3.63, 3.8) is 0 Å². The van der Waals surface area contributed by atoms with E-state index >= 15 is 35.1 Å². The number of hydrogen-bond acceptors (Lipinski definition) is 4. The third kappa shape index (κ3) is 16.3. The molecule has 1 aromatic carbocycles. The maximum Gasteiger partial charge on any atom is 0.460 e. The van der Waals surface area contributed by atoms with Crippen LogP contribution in [0.25, 0.3) is 0 Å². The predicted molar refractivity (Wildman–Crippen MR) is 244 cm³/mol. The molecule has 0 aliphatic rings. The fourth-order valence-electron chi connectivity index (χ4n) is 8.43. The van der Waals surface area contributed by atoms with E-state index in [4.69, 9.17) is 0 Å². The highest BCUT2D eigenvalue weighted by Gasteiger charge is 3.01. The Kier molecular flexibility index (Phi) is 29.4. The van der Waals surface area contributed by atoms with Crippen molar-refractivity contribution in [1.29, 1.82) is 0 Å². The van der Waals surface area contributed by atoms with Crippen LogP contribution >= 0.6 is 0 Å². The molecule has 1 rings (SSSR count). The molecule has 0 radical (unpaired) electrons. The number of rotatable bonds is 42. The summed E-state index contributed by atoms with van der Waals surface area (Å²) in [6.45, 7) is -13.6. The first-order chi connectivity index (χ1) is 51.8. The molecule has 0 aromatic heterocycles. The maximum absolute atomic E-state index is 15.8. The lowest BCUT2D eigenvalue weighted by molar-refractivity contribution is -0.463. The lowest BCUT2D eigenvalue weighted by Gasteiger charge is -2.43. The van der Waals surface area contributed by atoms with Crippen LogP contribution < -0.4 is 5.32 Å². The van der Waals surface area contributed by atoms with Gasteiger partial charge in [-0.15, -0.1) is 0 Å². The zero-order valence-electron chi connectivity index (χ0n) is 54.2. The van der Waals surface area contributed by atoms with Crippen molar-refractivity contribution in [3.8, 4) is 0 Å². The van der Waals surface area contributed by atoms with Crippen molar-refractivity contribution in [2.75, 3.05) is 26.4 Å². The zero-order valence-corrected chi connectivity index (χ0v) is 54.2. The Morgan fingerprint density at radius 1 is 0.223 bits per heavy atom. The molecule has 0 aliphatic heterocycles. The van der Waals surface area contributed by atoms with Crippen LogP contribution in [0.15, 0.2) is 18.2 Å². The molecular weight excluding hydrogens is 1940 g/mol. The van der Waals surface area contributed by atoms with Crippen LogP contribution in [0, 0.1) is 0 Å². The van der Waals surface area contributed by atoms with Crippen LogP contribution in [0.2, 0.25) is 0 Å². The average molecular weight is 1970 g/mol. The normalized spacial score (nSPS) is 17.1. The summed E-state index contributed by atoms with van der Waals surface area (Å²) in [6.07, 6.45) is -50.6. The number of alkyl halides is 68. The molecule has 0 saturated carbocycles. The van der Waals surface area contributed by atoms with Crippen molar-refractivity contribution in [2.24, 2.45) is 0 Å². The summed E-state index contributed by atoms with van der Waals surface area (Å²) in [5.74, 6) is -258. The van der Waals surface area contributed by atoms with Gasteiger partial charge in [-0.2, -0.15) is 299 Å². The minimum Gasteiger partial charge on any atom is -0.389 e. The van der Waals surface area contributed by atoms with Gasteiger partial charge in [0, 0.05) is 43.7 Å². The first kappa shape index (κ1) is 113. The van der Waals surface area contributed by atoms with Crippen LogP contribution in [-0.4, -0.2) is 222 Å². The fraction of sp³-hybridized carbons (Fsp3) is 0.878. The van der Waals surface area contributed by atoms with E-state index in [9.17, 15) is 269 Å². The molecule has 2 N–H and O–H groups in total. The average Bonchev–Trinajstić information content (AvgIpc) is 0.705. The number of halogens is 68. The summed E-state index contributed by atoms with van der Waals surface area (Å²) in [6, 6.07) is -10.5. The van der Waals surface area contributed by atoms with E-state index in [0.717, 1.165) is 5.32 Å². The summed E-state index contributed by atoms with van der Waals surface area (Å²) in [5.41, 5.74) is -12.7. The van der Waals surface area contributed by atoms with Gasteiger partial charge in [-0.3, -0.25) is 0 Å². The highest BCUT2D eigenvalue weighted by atomic mass is 19.5. The fourth-order valence-corrected chi connectivity index (χ4v) is 8.43. The maximum atomic E-state index is 15.8. The van der Waals surface area contributed by atoms with Gasteiger partial charge in [0.1, 0.15) is 0 Å². The second-order valence-electron chi connectivity index (χ2n) is 24.2. The number of nitrogens with one attached hydrogen (secondary N) is 1. The molecule has 0 spiro atoms. The van der Waals surface area contributed by atoms with Crippen LogP contribution in [-0.2, 0) is 27.9 Å². The Balaban J connectivity index is 4.66. The van der Waals surface area contributed by atoms with E-state index < -0.39 is 296 Å². The molecule has 72 heteroatoms. The van der Waals surface area contributed by atoms with Gasteiger partial charge in [-0.25, -0.2) is 0 Å². The van der Waals surface area contributed by atoms with Gasteiger partial charge in [0.05, 0.1) is 25.4 Å². The number of hydrogen-bond donors (Lipinski definition) is 2. The van der Waals surface area contributed by atoms with E-state index in [1.165, 1.54) is 0 Å². The van der Waals surface area contributed by atoms with Crippen molar-refractivity contribution in [1.82, 2.24) is 5.32 Å². The summed E-state index contributed by atoms with van der Waals surface area (Å²) in [7, 11) is 0. The van der Waals surface area contributed by atoms with Crippen molar-refractivity contribution in [2.45, 2.75) is 235 Å². The topological polar surface area (TPSA) is 50.7 Å². The van der Waals surface area contributed by atoms with E-state index in [0.29, 0.717) is 0 Å². The van der Waals surface area contributed by atoms with Gasteiger partial charge >= 0.3 is 191 Å². The Morgan fingerprint density at radius 2 is 0.397 bits per heavy atom. The second-order valence-corrected chi connectivity index (χ2v) is 24.2. The lowest BCUT2D eigenvalue weighted by atomic mass is 9.84. The van der Waals surface area contributed by atoms with Crippen LogP contribution in [0.5, 0.6) is 0 Å². The quantitative estimate of drug-likeness (QED) is 0.0506. The number of benzene rings is 1. The molecule has 0 unspecified atom stereocenters. The highest BCUT2D eigenvalue weighted by molar-refractivity contribution is 5.39. The summed E-state index contributed by atoms with van der Waals surface area (Å²) in [4.78, 5) is 0. The van der Waals surface area contributed by atoms with Gasteiger partial charge in [0.2, 0.25) is 0 Å². The molecule has 0 fully saturated rings. The summed E-state index contributed by atoms with van der Waals surface area (Å²) in [5, 5.41) is 11.3. The standard InChI is InChI=1S/C49H25F68NO3/c50-18(51,22(58,59)26(66,67)30(74,75)34(82,83)38(90,91)42(98,99)46(106,107)108)3-1-5-120-11-16(17(119)12-121-6-2-4-19(52,53)23(60,61)27(68,69)31(76,77)35(84,85)39(92,93)43(100,101)47(109,110)111)118-10-13-7-14(20(54,55)24(62,63)28(70,71)32(78,79)36(86,87)40(94,95)44(102,103)48(112,113)114)9-15(8-13)21(56,57)25(64,65)29(72,73)33(80,81)37(88,89)41(96,97)45(104,105)49(115,116)117/h7-9,16-17,118-119H,1-6,10-12H2/t16-,17+/m0/s1. The highest BCUT2D eigenvalue weighted by Crippen LogP contribution is 2.71. The Morgan fingerprint density at radius 3 is 0.595 bits per heavy atom. The van der Waals surface area contributed by atoms with E-state index in [1.54, 1.807) is 0 Å². The number of aliphatic hydroxyl groups excluding tert-OH is 1. The third-order valence-corrected chi connectivity index (χ3v) is 15.9. The van der Waals surface area contributed by atoms with Gasteiger partial charge in [0.25, 0.3) is 0 Å². The first-order valence-corrected chi connectivity index (χ1v) is 28.3. The minimum absolute atomic E-state index is 0.724. The van der Waals surface area contributed by atoms with Gasteiger partial charge in [-0.05, 0) is 36.6 Å². The van der Waals surface area contributed by atoms with Gasteiger partial charge < -0.3 is 19.9 Å². The van der Waals surface area contributed by atoms with Crippen LogP contribution in [0.4, 0.5) is 299 Å². The van der Waals surface area contributed by atoms with E-state index in [1.807, 2.05) is 0 Å². The number of aliphatic hydroxyl groups is 1. The van der Waals surface area contributed by atoms with Crippen LogP contribution in [0.3, 0.4) is 0 Å². The van der Waals surface area contributed by atoms with E-state index in [2.05, 4.69) is 9.47 Å². The molecule has 4 nitrogen and oxygen atoms in total. The van der Waals surface area contributed by atoms with Gasteiger partial charge in [0.15, 0.2) is 0 Å². The molecule has 0 saturated heterocycles. The second kappa shape index (κ2) is 31.4. The monoisotopic (exact) mass is 1970 g/mol. The third-order valence-electron chi connectivity index (χ3n) is 15.9. The molecule has 0 bridgehead atoms. The molecule has 121 heavy (non-hydrogen) atoms. The minimum atomic E-state index is -9.96. The molecule has 2 atom stereocenters. The zero-order chi connectivity index (χ0) is 98.5. The Bertz CT molecular complexity index is 3560. The van der Waals surface area contributed by atoms with Gasteiger partial charge in [-0.1, -0.05) is 0 Å². The Hall–Kier alpha value is -5.70. The summed E-state index contributed by atoms with van der Waals surface area (Å²) < 4.78 is 961. The van der Waals surface area contributed by atoms with Crippen molar-refractivity contribution >= 4 is 0 Å². The Labute approximate surface area is 615 Å². The van der Waals surface area contributed by atoms with Crippen LogP contribution in [0.1, 0.15) is 42.4 Å². The SMILES string of the molecule is O[C@H](COCCCC(F)(F)C(F)(F)C(F)(F)C(F)(F)C(F)(F)C(F)(F)C(F)(F)C(F)(F)F)[C@H](COCCCC(F)(F)C(F)(F)C(F)(F)C(F)(F)C(F)(F)C(F)(F)C(F)(F)C(F)(F)F)NCc1cc(C(F)(F)C(F)(F)C(F)(F)C(F)(F)C(F)(F)C(F)(F)C(F)(F)C(F)(F)F)cc(C(F)(F)C(F)(F)C(F)(F)C(F)(F)C(F)(F)C(F)(F)C(F)(F)C(F)(F)F)c1. The van der Waals surface area contributed by atoms with Crippen molar-refractivity contribution < 1.29 is 313 Å². The number of ether oxygens (including phenoxy) is 2. The predicted octanol–water partition coefficient (Wildman–Crippen LogP) is 24.0. The lowest BCUT2D eigenvalue weighted by Crippen LogP contribution is -2.74. The largest absolute Gasteiger partial charge is 0.460 e. The molecular formula is C49H25F68NO3. The molecule has 0 amide bonds. The molecule has 0 aliphatic carbocycles. The molecule has 0 heterocycles. The molecule has 720 valence electrons. The van der Waals surface area contributed by atoms with E-state index in [-0.39, 0.29) is 0 Å². The first-order valence-electron chi connectivity index (χ1n) is 28.3. The van der Waals surface area contributed by atoms with Crippen molar-refractivity contribution in [3.05, 3.63) is 34.9 Å². The summed E-state index contributed by atoms with van der Waals surface area (Å²) >= 11 is 0. The molecule has 1 aromatic rings. The smallest absolute Gasteiger partial charge is 0.389 e.